The van der Waals surface area contributed by atoms with Gasteiger partial charge in [0.1, 0.15) is 11.3 Å². The number of fused-ring (bicyclic) bond motifs is 3. The minimum absolute atomic E-state index is 0.125. The zero-order valence-electron chi connectivity index (χ0n) is 12.4. The highest BCUT2D eigenvalue weighted by Gasteiger charge is 2.38. The van der Waals surface area contributed by atoms with Crippen molar-refractivity contribution >= 4 is 16.9 Å². The van der Waals surface area contributed by atoms with E-state index in [0.29, 0.717) is 23.0 Å². The molecular formula is C17H17N3O2. The number of nitrogens with zero attached hydrogens (tertiary/aromatic N) is 2. The van der Waals surface area contributed by atoms with Crippen LogP contribution in [0.25, 0.3) is 11.0 Å². The van der Waals surface area contributed by atoms with Gasteiger partial charge in [0.15, 0.2) is 5.76 Å². The number of piperidine rings is 1. The lowest BCUT2D eigenvalue weighted by atomic mass is 10.00. The van der Waals surface area contributed by atoms with E-state index in [-0.39, 0.29) is 11.9 Å². The second-order valence-corrected chi connectivity index (χ2v) is 5.98. The smallest absolute Gasteiger partial charge is 0.270 e. The molecule has 0 spiro atoms. The second kappa shape index (κ2) is 5.15. The Morgan fingerprint density at radius 3 is 3.09 bits per heavy atom. The van der Waals surface area contributed by atoms with Crippen LogP contribution in [0.1, 0.15) is 29.6 Å². The van der Waals surface area contributed by atoms with Crippen LogP contribution in [-0.2, 0) is 0 Å². The maximum Gasteiger partial charge on any atom is 0.270 e. The van der Waals surface area contributed by atoms with Crippen LogP contribution >= 0.6 is 0 Å². The van der Waals surface area contributed by atoms with Gasteiger partial charge in [-0.3, -0.25) is 9.78 Å². The van der Waals surface area contributed by atoms with Crippen molar-refractivity contribution in [3.8, 4) is 11.8 Å². The third-order valence-corrected chi connectivity index (χ3v) is 4.53. The van der Waals surface area contributed by atoms with Crippen molar-refractivity contribution in [2.75, 3.05) is 19.6 Å². The van der Waals surface area contributed by atoms with Crippen LogP contribution in [0.5, 0.6) is 0 Å². The summed E-state index contributed by atoms with van der Waals surface area (Å²) in [4.78, 5) is 19.0. The minimum atomic E-state index is -0.125. The molecule has 4 rings (SSSR count). The Labute approximate surface area is 128 Å². The maximum absolute atomic E-state index is 12.4. The van der Waals surface area contributed by atoms with Gasteiger partial charge in [0.05, 0.1) is 0 Å². The number of carbonyl (C=O) groups is 1. The summed E-state index contributed by atoms with van der Waals surface area (Å²) in [6.07, 6.45) is 2.84. The van der Waals surface area contributed by atoms with E-state index >= 15 is 0 Å². The molecule has 0 aromatic carbocycles. The van der Waals surface area contributed by atoms with E-state index < -0.39 is 0 Å². The summed E-state index contributed by atoms with van der Waals surface area (Å²) in [5.74, 6) is 6.73. The van der Waals surface area contributed by atoms with Crippen LogP contribution in [-0.4, -0.2) is 41.5 Å². The number of hydrogen-bond donors (Lipinski definition) is 1. The molecule has 4 heterocycles. The first-order valence-electron chi connectivity index (χ1n) is 7.58. The zero-order valence-corrected chi connectivity index (χ0v) is 12.4. The average Bonchev–Trinajstić information content (AvgIpc) is 3.20. The number of nitrogens with one attached hydrogen (secondary N) is 1. The Morgan fingerprint density at radius 2 is 2.36 bits per heavy atom. The van der Waals surface area contributed by atoms with Crippen molar-refractivity contribution < 1.29 is 9.21 Å². The molecule has 22 heavy (non-hydrogen) atoms. The summed E-state index contributed by atoms with van der Waals surface area (Å²) >= 11 is 0. The van der Waals surface area contributed by atoms with Crippen LogP contribution in [0.15, 0.2) is 22.7 Å². The Bertz CT molecular complexity index is 799. The van der Waals surface area contributed by atoms with Gasteiger partial charge < -0.3 is 14.6 Å². The van der Waals surface area contributed by atoms with Crippen LogP contribution in [0, 0.1) is 17.8 Å². The summed E-state index contributed by atoms with van der Waals surface area (Å²) < 4.78 is 5.62. The maximum atomic E-state index is 12.4. The van der Waals surface area contributed by atoms with Crippen molar-refractivity contribution in [1.29, 1.82) is 0 Å². The molecule has 2 aromatic rings. The molecule has 3 atom stereocenters. The Hall–Kier alpha value is -2.32. The number of hydrogen-bond acceptors (Lipinski definition) is 4. The molecule has 1 N–H and O–H groups in total. The van der Waals surface area contributed by atoms with E-state index in [2.05, 4.69) is 27.0 Å². The predicted octanol–water partition coefficient (Wildman–Crippen LogP) is 1.63. The summed E-state index contributed by atoms with van der Waals surface area (Å²) in [6.45, 7) is 4.98. The van der Waals surface area contributed by atoms with Gasteiger partial charge in [-0.25, -0.2) is 0 Å². The van der Waals surface area contributed by atoms with Crippen LogP contribution in [0.4, 0.5) is 0 Å². The topological polar surface area (TPSA) is 58.4 Å². The Morgan fingerprint density at radius 1 is 1.45 bits per heavy atom. The molecule has 0 saturated carbocycles. The molecule has 2 aliphatic heterocycles. The number of amides is 1. The van der Waals surface area contributed by atoms with Crippen LogP contribution in [0.3, 0.4) is 0 Å². The van der Waals surface area contributed by atoms with Gasteiger partial charge in [-0.1, -0.05) is 5.92 Å². The molecule has 3 unspecified atom stereocenters. The van der Waals surface area contributed by atoms with E-state index in [0.717, 1.165) is 25.0 Å². The lowest BCUT2D eigenvalue weighted by molar-refractivity contribution is 0.0919. The van der Waals surface area contributed by atoms with Gasteiger partial charge >= 0.3 is 0 Å². The van der Waals surface area contributed by atoms with Crippen LogP contribution < -0.4 is 5.32 Å². The van der Waals surface area contributed by atoms with Crippen molar-refractivity contribution in [2.24, 2.45) is 5.92 Å². The van der Waals surface area contributed by atoms with E-state index in [1.54, 1.807) is 19.2 Å². The number of aromatic nitrogens is 1. The number of carbonyl (C=O) groups excluding carboxylic acids is 1. The summed E-state index contributed by atoms with van der Waals surface area (Å²) in [5.41, 5.74) is 1.05. The largest absolute Gasteiger partial charge is 0.448 e. The zero-order chi connectivity index (χ0) is 15.1. The first-order valence-corrected chi connectivity index (χ1v) is 7.58. The van der Waals surface area contributed by atoms with Gasteiger partial charge in [0.2, 0.25) is 0 Å². The molecule has 2 aromatic heterocycles. The fourth-order valence-corrected chi connectivity index (χ4v) is 3.43. The van der Waals surface area contributed by atoms with E-state index in [9.17, 15) is 4.79 Å². The van der Waals surface area contributed by atoms with Crippen molar-refractivity contribution in [1.82, 2.24) is 15.2 Å². The SMILES string of the molecule is CC#Cc1cc2cnc(C(=O)NC3CN4CCC3C4)cc2o1. The van der Waals surface area contributed by atoms with E-state index in [1.807, 2.05) is 6.07 Å². The Balaban J connectivity index is 1.54. The summed E-state index contributed by atoms with van der Waals surface area (Å²) in [5, 5.41) is 3.97. The summed E-state index contributed by atoms with van der Waals surface area (Å²) in [7, 11) is 0. The molecule has 0 radical (unpaired) electrons. The molecule has 2 fully saturated rings. The fourth-order valence-electron chi connectivity index (χ4n) is 3.43. The molecule has 2 saturated heterocycles. The number of rotatable bonds is 2. The van der Waals surface area contributed by atoms with E-state index in [1.165, 1.54) is 6.42 Å². The third-order valence-electron chi connectivity index (χ3n) is 4.53. The second-order valence-electron chi connectivity index (χ2n) is 5.98. The Kier molecular flexibility index (Phi) is 3.12. The third kappa shape index (κ3) is 2.26. The molecule has 5 heteroatoms. The van der Waals surface area contributed by atoms with Gasteiger partial charge in [-0.05, 0) is 31.7 Å². The lowest BCUT2D eigenvalue weighted by Gasteiger charge is -2.22. The molecule has 2 bridgehead atoms. The molecular weight excluding hydrogens is 278 g/mol. The molecule has 1 amide bonds. The molecule has 2 aliphatic rings. The first kappa shape index (κ1) is 13.4. The first-order chi connectivity index (χ1) is 10.7. The highest BCUT2D eigenvalue weighted by molar-refractivity contribution is 5.95. The van der Waals surface area contributed by atoms with Crippen molar-refractivity contribution in [2.45, 2.75) is 19.4 Å². The quantitative estimate of drug-likeness (QED) is 0.856. The van der Waals surface area contributed by atoms with Gasteiger partial charge in [-0.2, -0.15) is 0 Å². The number of pyridine rings is 1. The monoisotopic (exact) mass is 295 g/mol. The van der Waals surface area contributed by atoms with Gasteiger partial charge in [-0.15, -0.1) is 0 Å². The van der Waals surface area contributed by atoms with Crippen molar-refractivity contribution in [3.63, 3.8) is 0 Å². The van der Waals surface area contributed by atoms with Gasteiger partial charge in [0, 0.05) is 42.8 Å². The minimum Gasteiger partial charge on any atom is -0.448 e. The molecule has 5 nitrogen and oxygen atoms in total. The standard InChI is InChI=1S/C17H17N3O2/c1-2-3-13-6-12-8-18-14(7-16(12)22-13)17(21)19-15-10-20-5-4-11(15)9-20/h6-8,11,15H,4-5,9-10H2,1H3,(H,19,21). The van der Waals surface area contributed by atoms with E-state index in [4.69, 9.17) is 4.42 Å². The number of furan rings is 1. The van der Waals surface area contributed by atoms with Gasteiger partial charge in [0.25, 0.3) is 5.91 Å². The van der Waals surface area contributed by atoms with Crippen LogP contribution in [0.2, 0.25) is 0 Å². The summed E-state index contributed by atoms with van der Waals surface area (Å²) in [6, 6.07) is 3.78. The average molecular weight is 295 g/mol. The lowest BCUT2D eigenvalue weighted by Crippen LogP contribution is -2.43. The highest BCUT2D eigenvalue weighted by Crippen LogP contribution is 2.28. The molecule has 112 valence electrons. The normalized spacial score (nSPS) is 26.0. The van der Waals surface area contributed by atoms with Crippen molar-refractivity contribution in [3.05, 3.63) is 29.8 Å². The highest BCUT2D eigenvalue weighted by atomic mass is 16.3. The fraction of sp³-hybridized carbons (Fsp3) is 0.412. The molecule has 0 aliphatic carbocycles. The predicted molar refractivity (Wildman–Crippen MR) is 82.4 cm³/mol.